The van der Waals surface area contributed by atoms with Gasteiger partial charge in [-0.25, -0.2) is 0 Å². The van der Waals surface area contributed by atoms with Crippen LogP contribution >= 0.6 is 0 Å². The molecule has 17 atom stereocenters. The minimum atomic E-state index is -1.98. The van der Waals surface area contributed by atoms with Crippen molar-refractivity contribution in [1.82, 2.24) is 5.32 Å². The van der Waals surface area contributed by atoms with Crippen LogP contribution in [0.5, 0.6) is 0 Å². The zero-order chi connectivity index (χ0) is 68.9. The van der Waals surface area contributed by atoms with Gasteiger partial charge in [-0.05, 0) is 83.5 Å². The normalized spacial score (nSPS) is 27.9. The molecule has 19 heteroatoms. The number of unbranched alkanes of at least 4 members (excludes halogenated alkanes) is 21. The minimum absolute atomic E-state index is 0.246. The number of allylic oxidation sites excluding steroid dienone is 18. The van der Waals surface area contributed by atoms with Gasteiger partial charge in [0.05, 0.1) is 38.6 Å². The number of nitrogens with one attached hydrogen (secondary N) is 1. The summed E-state index contributed by atoms with van der Waals surface area (Å²) in [6.07, 6.45) is 48.8. The second-order valence-electron chi connectivity index (χ2n) is 25.7. The van der Waals surface area contributed by atoms with Gasteiger partial charge in [0, 0.05) is 6.42 Å². The molecule has 3 saturated heterocycles. The van der Waals surface area contributed by atoms with Crippen LogP contribution in [0.3, 0.4) is 0 Å². The molecule has 0 aromatic heterocycles. The highest BCUT2D eigenvalue weighted by Gasteiger charge is 2.53. The number of carbonyl (C=O) groups excluding carboxylic acids is 1. The summed E-state index contributed by atoms with van der Waals surface area (Å²) in [5.41, 5.74) is 0. The molecule has 0 aromatic rings. The lowest BCUT2D eigenvalue weighted by atomic mass is 9.96. The Morgan fingerprint density at radius 2 is 0.726 bits per heavy atom. The van der Waals surface area contributed by atoms with E-state index in [9.17, 15) is 61.0 Å². The number of aliphatic hydroxyl groups excluding tert-OH is 11. The van der Waals surface area contributed by atoms with Crippen LogP contribution in [-0.4, -0.2) is 193 Å². The van der Waals surface area contributed by atoms with Gasteiger partial charge in [-0.3, -0.25) is 4.79 Å². The number of hydrogen-bond donors (Lipinski definition) is 12. The topological polar surface area (TPSA) is 307 Å². The van der Waals surface area contributed by atoms with Gasteiger partial charge in [0.2, 0.25) is 5.91 Å². The molecular formula is C76H129NO18. The summed E-state index contributed by atoms with van der Waals surface area (Å²) in [6.45, 7) is 1.67. The predicted molar refractivity (Wildman–Crippen MR) is 374 cm³/mol. The molecule has 12 N–H and O–H groups in total. The van der Waals surface area contributed by atoms with E-state index in [1.165, 1.54) is 70.6 Å². The Morgan fingerprint density at radius 3 is 1.14 bits per heavy atom. The molecule has 3 heterocycles. The number of hydrogen-bond acceptors (Lipinski definition) is 18. The van der Waals surface area contributed by atoms with Gasteiger partial charge in [0.25, 0.3) is 0 Å². The molecule has 1 amide bonds. The van der Waals surface area contributed by atoms with E-state index in [2.05, 4.69) is 129 Å². The lowest BCUT2D eigenvalue weighted by Crippen LogP contribution is -2.66. The first-order valence-corrected chi connectivity index (χ1v) is 36.6. The summed E-state index contributed by atoms with van der Waals surface area (Å²) in [7, 11) is 0. The monoisotopic (exact) mass is 1340 g/mol. The van der Waals surface area contributed by atoms with Crippen LogP contribution in [0.25, 0.3) is 0 Å². The van der Waals surface area contributed by atoms with Crippen LogP contribution in [0.15, 0.2) is 109 Å². The molecule has 3 aliphatic heterocycles. The molecule has 3 rings (SSSR count). The van der Waals surface area contributed by atoms with E-state index in [4.69, 9.17) is 28.4 Å². The van der Waals surface area contributed by atoms with Crippen molar-refractivity contribution in [2.45, 2.75) is 336 Å². The van der Waals surface area contributed by atoms with Gasteiger partial charge >= 0.3 is 0 Å². The molecule has 0 aliphatic carbocycles. The highest BCUT2D eigenvalue weighted by atomic mass is 16.8. The minimum Gasteiger partial charge on any atom is -0.394 e. The first-order chi connectivity index (χ1) is 46.3. The molecule has 0 bridgehead atoms. The maximum Gasteiger partial charge on any atom is 0.220 e. The number of aliphatic hydroxyl groups is 11. The van der Waals surface area contributed by atoms with Gasteiger partial charge in [0.1, 0.15) is 73.2 Å². The van der Waals surface area contributed by atoms with Gasteiger partial charge in [0.15, 0.2) is 18.9 Å². The smallest absolute Gasteiger partial charge is 0.220 e. The van der Waals surface area contributed by atoms with Gasteiger partial charge in [-0.15, -0.1) is 0 Å². The Balaban J connectivity index is 1.38. The van der Waals surface area contributed by atoms with Crippen LogP contribution < -0.4 is 5.32 Å². The van der Waals surface area contributed by atoms with Crippen LogP contribution in [0, 0.1) is 0 Å². The zero-order valence-electron chi connectivity index (χ0n) is 57.9. The van der Waals surface area contributed by atoms with Crippen molar-refractivity contribution in [2.24, 2.45) is 0 Å². The van der Waals surface area contributed by atoms with Crippen LogP contribution in [0.1, 0.15) is 232 Å². The molecule has 0 spiro atoms. The highest BCUT2D eigenvalue weighted by molar-refractivity contribution is 5.76. The maximum absolute atomic E-state index is 13.4. The van der Waals surface area contributed by atoms with Crippen LogP contribution in [0.2, 0.25) is 0 Å². The van der Waals surface area contributed by atoms with Crippen molar-refractivity contribution in [1.29, 1.82) is 0 Å². The highest BCUT2D eigenvalue weighted by Crippen LogP contribution is 2.33. The Kier molecular flexibility index (Phi) is 50.7. The van der Waals surface area contributed by atoms with E-state index < -0.39 is 124 Å². The van der Waals surface area contributed by atoms with Crippen molar-refractivity contribution in [3.8, 4) is 0 Å². The van der Waals surface area contributed by atoms with Crippen molar-refractivity contribution in [2.75, 3.05) is 26.4 Å². The van der Waals surface area contributed by atoms with E-state index in [0.29, 0.717) is 12.8 Å². The third kappa shape index (κ3) is 37.5. The molecule has 95 heavy (non-hydrogen) atoms. The van der Waals surface area contributed by atoms with Crippen molar-refractivity contribution in [3.63, 3.8) is 0 Å². The lowest BCUT2D eigenvalue weighted by molar-refractivity contribution is -0.379. The lowest BCUT2D eigenvalue weighted by Gasteiger charge is -2.48. The molecule has 546 valence electrons. The Labute approximate surface area is 570 Å². The van der Waals surface area contributed by atoms with E-state index in [1.807, 2.05) is 0 Å². The predicted octanol–water partition coefficient (Wildman–Crippen LogP) is 10.6. The first-order valence-electron chi connectivity index (χ1n) is 36.6. The van der Waals surface area contributed by atoms with Gasteiger partial charge in [-0.2, -0.15) is 0 Å². The zero-order valence-corrected chi connectivity index (χ0v) is 57.9. The molecule has 0 radical (unpaired) electrons. The largest absolute Gasteiger partial charge is 0.394 e. The molecular weight excluding hydrogens is 1210 g/mol. The third-order valence-electron chi connectivity index (χ3n) is 17.6. The van der Waals surface area contributed by atoms with Crippen LogP contribution in [-0.2, 0) is 33.2 Å². The van der Waals surface area contributed by atoms with Crippen molar-refractivity contribution >= 4 is 5.91 Å². The van der Waals surface area contributed by atoms with Crippen molar-refractivity contribution < 1.29 is 89.4 Å². The molecule has 3 fully saturated rings. The summed E-state index contributed by atoms with van der Waals surface area (Å²) in [5.74, 6) is -0.258. The van der Waals surface area contributed by atoms with E-state index >= 15 is 0 Å². The Morgan fingerprint density at radius 1 is 0.389 bits per heavy atom. The fourth-order valence-electron chi connectivity index (χ4n) is 11.7. The fraction of sp³-hybridized carbons (Fsp3) is 0.750. The SMILES string of the molecule is CC/C=C\C/C=C\C/C=C\C/C=C\C/C=C\C/C=C\C/C=C\C/C=C\C/C=C\CCCCCCCCCC(=O)NC(COC1OC(CO)C(OC2OC(CO)C(OC3OC(CO)C(O)C(O)C3O)C(O)C2O)C(O)C1O)C(O)CCCCCCCCCCCCCCCCC. The average Bonchev–Trinajstić information content (AvgIpc) is 0.799. The first kappa shape index (κ1) is 85.7. The molecule has 3 aliphatic rings. The Bertz CT molecular complexity index is 2140. The van der Waals surface area contributed by atoms with E-state index in [1.54, 1.807) is 0 Å². The average molecular weight is 1340 g/mol. The van der Waals surface area contributed by atoms with Crippen LogP contribution in [0.4, 0.5) is 0 Å². The molecule has 19 nitrogen and oxygen atoms in total. The third-order valence-corrected chi connectivity index (χ3v) is 17.6. The number of rotatable bonds is 55. The Hall–Kier alpha value is -3.55. The second-order valence-corrected chi connectivity index (χ2v) is 25.7. The summed E-state index contributed by atoms with van der Waals surface area (Å²) < 4.78 is 34.4. The molecule has 0 aromatic carbocycles. The fourth-order valence-corrected chi connectivity index (χ4v) is 11.7. The van der Waals surface area contributed by atoms with Crippen molar-refractivity contribution in [3.05, 3.63) is 109 Å². The summed E-state index contributed by atoms with van der Waals surface area (Å²) in [5, 5.41) is 121. The number of carbonyl (C=O) groups is 1. The molecule has 17 unspecified atom stereocenters. The summed E-state index contributed by atoms with van der Waals surface area (Å²) in [4.78, 5) is 13.4. The quantitative estimate of drug-likeness (QED) is 0.0199. The van der Waals surface area contributed by atoms with Gasteiger partial charge < -0.3 is 89.9 Å². The van der Waals surface area contributed by atoms with Gasteiger partial charge in [-0.1, -0.05) is 252 Å². The maximum atomic E-state index is 13.4. The van der Waals surface area contributed by atoms with E-state index in [0.717, 1.165) is 128 Å². The number of amides is 1. The summed E-state index contributed by atoms with van der Waals surface area (Å²) >= 11 is 0. The summed E-state index contributed by atoms with van der Waals surface area (Å²) in [6, 6.07) is -0.901. The second kappa shape index (κ2) is 56.2. The molecule has 0 saturated carbocycles. The number of ether oxygens (including phenoxy) is 6. The standard InChI is InChI=1S/C76H129NO18/c1-3-5-7-9-11-13-15-17-19-20-21-22-23-24-25-26-27-28-29-30-31-32-33-34-35-36-37-38-40-42-44-46-48-50-52-54-64(82)77-59(60(81)53-51-49-47-45-43-41-39-18-16-14-12-10-8-6-4-2)58-90-74-70(88)67(85)72(62(56-79)92-74)95-76-71(89)68(86)73(63(57-80)93-76)94-75-69(87)66(84)65(83)61(55-78)91-75/h5,7,11,13,17,19,21-22,24-25,27-28,30-31,33-34,36-37,59-63,65-76,78-81,83-89H,3-4,6,8-10,12,14-16,18,20,23,26,29,32,35,38-58H2,1-2H3,(H,77,82)/b7-5-,13-11-,19-17-,22-21-,25-24-,28-27-,31-30-,34-33-,37-36-. The van der Waals surface area contributed by atoms with E-state index in [-0.39, 0.29) is 18.9 Å².